The first-order valence-corrected chi connectivity index (χ1v) is 11.4. The van der Waals surface area contributed by atoms with Crippen molar-refractivity contribution in [2.45, 2.75) is 6.04 Å². The highest BCUT2D eigenvalue weighted by Gasteiger charge is 2.22. The molecule has 1 aliphatic rings. The first kappa shape index (κ1) is 23.9. The van der Waals surface area contributed by atoms with Gasteiger partial charge in [-0.25, -0.2) is 4.79 Å². The molecule has 3 rings (SSSR count). The number of benzene rings is 2. The zero-order valence-corrected chi connectivity index (χ0v) is 19.0. The number of nitrogens with one attached hydrogen (secondary N) is 4. The Bertz CT molecular complexity index is 942. The summed E-state index contributed by atoms with van der Waals surface area (Å²) in [5, 5.41) is 8.69. The van der Waals surface area contributed by atoms with E-state index in [2.05, 4.69) is 20.7 Å². The van der Waals surface area contributed by atoms with E-state index in [1.54, 1.807) is 53.4 Å². The molecule has 2 aromatic carbocycles. The third kappa shape index (κ3) is 6.86. The molecule has 2 aromatic rings. The second kappa shape index (κ2) is 11.7. The van der Waals surface area contributed by atoms with Crippen LogP contribution >= 0.6 is 23.5 Å². The first-order chi connectivity index (χ1) is 15.5. The average molecular weight is 478 g/mol. The van der Waals surface area contributed by atoms with E-state index in [1.807, 2.05) is 6.26 Å². The van der Waals surface area contributed by atoms with Gasteiger partial charge in [0, 0.05) is 35.2 Å². The quantitative estimate of drug-likeness (QED) is 0.435. The summed E-state index contributed by atoms with van der Waals surface area (Å²) in [7, 11) is 0. The van der Waals surface area contributed by atoms with Crippen molar-refractivity contribution in [2.75, 3.05) is 48.1 Å². The maximum atomic E-state index is 12.8. The second-order valence-corrected chi connectivity index (χ2v) is 7.98. The third-order valence-corrected chi connectivity index (χ3v) is 5.30. The van der Waals surface area contributed by atoms with Crippen molar-refractivity contribution in [3.8, 4) is 0 Å². The normalized spacial score (nSPS) is 14.6. The number of rotatable bonds is 8. The van der Waals surface area contributed by atoms with Crippen molar-refractivity contribution in [3.05, 3.63) is 53.6 Å². The number of urea groups is 1. The van der Waals surface area contributed by atoms with Crippen molar-refractivity contribution in [2.24, 2.45) is 0 Å². The highest BCUT2D eigenvalue weighted by atomic mass is 35.5. The van der Waals surface area contributed by atoms with Crippen molar-refractivity contribution in [3.63, 3.8) is 0 Å². The van der Waals surface area contributed by atoms with Crippen LogP contribution in [0, 0.1) is 0 Å². The summed E-state index contributed by atoms with van der Waals surface area (Å²) in [6.45, 7) is 1.26. The van der Waals surface area contributed by atoms with E-state index in [9.17, 15) is 14.4 Å². The van der Waals surface area contributed by atoms with Crippen LogP contribution in [-0.4, -0.2) is 56.4 Å². The molecule has 1 aliphatic heterocycles. The number of anilines is 3. The van der Waals surface area contributed by atoms with Gasteiger partial charge in [-0.2, -0.15) is 0 Å². The number of carbonyl (C=O) groups is 3. The van der Waals surface area contributed by atoms with Gasteiger partial charge < -0.3 is 25.6 Å². The lowest BCUT2D eigenvalue weighted by Gasteiger charge is -2.27. The molecule has 0 spiro atoms. The van der Waals surface area contributed by atoms with Crippen molar-refractivity contribution >= 4 is 58.5 Å². The maximum Gasteiger partial charge on any atom is 0.319 e. The lowest BCUT2D eigenvalue weighted by atomic mass is 10.2. The Hall–Kier alpha value is -2.79. The Kier molecular flexibility index (Phi) is 8.74. The Morgan fingerprint density at radius 3 is 2.41 bits per heavy atom. The van der Waals surface area contributed by atoms with E-state index in [4.69, 9.17) is 16.3 Å². The van der Waals surface area contributed by atoms with E-state index in [0.29, 0.717) is 29.5 Å². The van der Waals surface area contributed by atoms with Crippen LogP contribution in [-0.2, 0) is 14.3 Å². The minimum Gasteiger partial charge on any atom is -0.370 e. The maximum absolute atomic E-state index is 12.8. The van der Waals surface area contributed by atoms with Gasteiger partial charge in [0.15, 0.2) is 0 Å². The number of morpholine rings is 1. The molecule has 0 aromatic heterocycles. The molecule has 0 aliphatic carbocycles. The number of carbonyl (C=O) groups excluding carboxylic acids is 3. The van der Waals surface area contributed by atoms with Gasteiger partial charge in [-0.15, -0.1) is 0 Å². The summed E-state index contributed by atoms with van der Waals surface area (Å²) < 4.78 is 8.13. The van der Waals surface area contributed by atoms with E-state index in [1.165, 1.54) is 11.9 Å². The standard InChI is InChI=1S/C21H24ClN5O4S/c1-32-23-12-18(26-21(30)25-16-4-2-14(22)3-5-16)20(29)24-15-6-8-17(9-7-15)27-10-11-31-13-19(27)28/h2-9,18,23H,10-13H2,1H3,(H,24,29)(H2,25,26,30)/t18-/m1/s1. The largest absolute Gasteiger partial charge is 0.370 e. The number of nitrogens with zero attached hydrogens (tertiary/aromatic N) is 1. The molecule has 0 bridgehead atoms. The molecule has 1 atom stereocenters. The van der Waals surface area contributed by atoms with E-state index in [0.717, 1.165) is 5.69 Å². The van der Waals surface area contributed by atoms with Crippen LogP contribution in [0.4, 0.5) is 21.9 Å². The SMILES string of the molecule is CSNC[C@@H](NC(=O)Nc1ccc(Cl)cc1)C(=O)Nc1ccc(N2CCOCC2=O)cc1. The molecule has 4 N–H and O–H groups in total. The Balaban J connectivity index is 1.60. The zero-order chi connectivity index (χ0) is 22.9. The van der Waals surface area contributed by atoms with Crippen molar-refractivity contribution < 1.29 is 19.1 Å². The predicted octanol–water partition coefficient (Wildman–Crippen LogP) is 2.70. The minimum absolute atomic E-state index is 0.0619. The molecule has 1 saturated heterocycles. The molecular weight excluding hydrogens is 454 g/mol. The second-order valence-electron chi connectivity index (χ2n) is 6.84. The number of amides is 4. The van der Waals surface area contributed by atoms with Crippen LogP contribution in [0.2, 0.25) is 5.02 Å². The average Bonchev–Trinajstić information content (AvgIpc) is 2.79. The Morgan fingerprint density at radius 2 is 1.75 bits per heavy atom. The molecule has 0 unspecified atom stereocenters. The van der Waals surface area contributed by atoms with Crippen LogP contribution in [0.5, 0.6) is 0 Å². The van der Waals surface area contributed by atoms with Gasteiger partial charge in [0.1, 0.15) is 12.6 Å². The lowest BCUT2D eigenvalue weighted by molar-refractivity contribution is -0.125. The van der Waals surface area contributed by atoms with Gasteiger partial charge in [-0.1, -0.05) is 23.5 Å². The summed E-state index contributed by atoms with van der Waals surface area (Å²) >= 11 is 7.19. The Labute approximate surface area is 195 Å². The van der Waals surface area contributed by atoms with Gasteiger partial charge in [0.25, 0.3) is 5.91 Å². The molecule has 9 nitrogen and oxygen atoms in total. The number of hydrogen-bond acceptors (Lipinski definition) is 6. The summed E-state index contributed by atoms with van der Waals surface area (Å²) in [4.78, 5) is 38.8. The van der Waals surface area contributed by atoms with Crippen LogP contribution < -0.4 is 25.6 Å². The van der Waals surface area contributed by atoms with Crippen molar-refractivity contribution in [1.29, 1.82) is 0 Å². The molecule has 170 valence electrons. The van der Waals surface area contributed by atoms with Gasteiger partial charge in [-0.05, 0) is 54.8 Å². The highest BCUT2D eigenvalue weighted by molar-refractivity contribution is 7.96. The molecule has 1 fully saturated rings. The fourth-order valence-electron chi connectivity index (χ4n) is 2.98. The summed E-state index contributed by atoms with van der Waals surface area (Å²) in [6.07, 6.45) is 1.83. The zero-order valence-electron chi connectivity index (χ0n) is 17.4. The summed E-state index contributed by atoms with van der Waals surface area (Å²) in [5.41, 5.74) is 1.84. The molecule has 32 heavy (non-hydrogen) atoms. The fourth-order valence-corrected chi connectivity index (χ4v) is 3.44. The fraction of sp³-hybridized carbons (Fsp3) is 0.286. The minimum atomic E-state index is -0.824. The molecule has 4 amide bonds. The molecule has 0 radical (unpaired) electrons. The van der Waals surface area contributed by atoms with Gasteiger partial charge in [0.2, 0.25) is 5.91 Å². The molecule has 11 heteroatoms. The number of hydrogen-bond donors (Lipinski definition) is 4. The number of halogens is 1. The van der Waals surface area contributed by atoms with Crippen LogP contribution in [0.3, 0.4) is 0 Å². The Morgan fingerprint density at radius 1 is 1.09 bits per heavy atom. The molecule has 1 heterocycles. The monoisotopic (exact) mass is 477 g/mol. The van der Waals surface area contributed by atoms with E-state index < -0.39 is 12.1 Å². The van der Waals surface area contributed by atoms with Crippen LogP contribution in [0.25, 0.3) is 0 Å². The van der Waals surface area contributed by atoms with Crippen LogP contribution in [0.15, 0.2) is 48.5 Å². The van der Waals surface area contributed by atoms with Crippen LogP contribution in [0.1, 0.15) is 0 Å². The molecular formula is C21H24ClN5O4S. The molecule has 0 saturated carbocycles. The lowest BCUT2D eigenvalue weighted by Crippen LogP contribution is -2.50. The van der Waals surface area contributed by atoms with Gasteiger partial charge >= 0.3 is 6.03 Å². The summed E-state index contributed by atoms with van der Waals surface area (Å²) in [6, 6.07) is 12.2. The highest BCUT2D eigenvalue weighted by Crippen LogP contribution is 2.20. The first-order valence-electron chi connectivity index (χ1n) is 9.84. The third-order valence-electron chi connectivity index (χ3n) is 4.59. The van der Waals surface area contributed by atoms with Crippen molar-refractivity contribution in [1.82, 2.24) is 10.0 Å². The van der Waals surface area contributed by atoms with E-state index >= 15 is 0 Å². The number of ether oxygens (including phenoxy) is 1. The predicted molar refractivity (Wildman–Crippen MR) is 127 cm³/mol. The topological polar surface area (TPSA) is 112 Å². The summed E-state index contributed by atoms with van der Waals surface area (Å²) in [5.74, 6) is -0.486. The smallest absolute Gasteiger partial charge is 0.319 e. The van der Waals surface area contributed by atoms with Gasteiger partial charge in [-0.3, -0.25) is 14.3 Å². The van der Waals surface area contributed by atoms with Gasteiger partial charge in [0.05, 0.1) is 6.61 Å². The van der Waals surface area contributed by atoms with E-state index in [-0.39, 0.29) is 25.0 Å².